The van der Waals surface area contributed by atoms with Crippen LogP contribution in [0, 0.1) is 0 Å². The highest BCUT2D eigenvalue weighted by atomic mass is 32.8. The highest BCUT2D eigenvalue weighted by Gasteiger charge is 2.22. The van der Waals surface area contributed by atoms with Gasteiger partial charge in [-0.2, -0.15) is 16.8 Å². The molecule has 4 N–H and O–H groups in total. The Morgan fingerprint density at radius 3 is 1.24 bits per heavy atom. The fourth-order valence-electron chi connectivity index (χ4n) is 3.93. The number of nitrogens with one attached hydrogen (secondary N) is 2. The van der Waals surface area contributed by atoms with E-state index < -0.39 is 20.2 Å². The van der Waals surface area contributed by atoms with Crippen molar-refractivity contribution in [2.24, 2.45) is 0 Å². The number of rotatable bonds is 18. The van der Waals surface area contributed by atoms with Crippen LogP contribution in [0.2, 0.25) is 0 Å². The molecule has 0 saturated heterocycles. The van der Waals surface area contributed by atoms with Gasteiger partial charge >= 0.3 is 0 Å². The Morgan fingerprint density at radius 1 is 0.660 bits per heavy atom. The first-order valence-corrected chi connectivity index (χ1v) is 24.0. The van der Waals surface area contributed by atoms with E-state index in [2.05, 4.69) is 24.5 Å². The fraction of sp³-hybridized carbons (Fsp3) is 0.562. The van der Waals surface area contributed by atoms with Gasteiger partial charge in [0.15, 0.2) is 0 Å². The smallest absolute Gasteiger partial charge is 0.264 e. The van der Waals surface area contributed by atoms with Crippen molar-refractivity contribution in [3.05, 3.63) is 58.7 Å². The van der Waals surface area contributed by atoms with Gasteiger partial charge in [-0.15, -0.1) is 18.9 Å². The number of amides is 2. The first kappa shape index (κ1) is 46.3. The van der Waals surface area contributed by atoms with Gasteiger partial charge in [-0.1, -0.05) is 62.2 Å². The van der Waals surface area contributed by atoms with Crippen molar-refractivity contribution in [2.45, 2.75) is 89.3 Å². The van der Waals surface area contributed by atoms with E-state index >= 15 is 0 Å². The van der Waals surface area contributed by atoms with Crippen molar-refractivity contribution in [2.75, 3.05) is 35.7 Å². The molecule has 2 unspecified atom stereocenters. The van der Waals surface area contributed by atoms with Crippen molar-refractivity contribution in [1.29, 1.82) is 0 Å². The predicted molar refractivity (Wildman–Crippen MR) is 209 cm³/mol. The number of carbonyl (C=O) groups is 2. The zero-order chi connectivity index (χ0) is 38.5. The Morgan fingerprint density at radius 2 is 0.960 bits per heavy atom. The quantitative estimate of drug-likeness (QED) is 0.160. The standard InChI is InChI=1S/C17H27NO7S4.C15H23NO3S2/c1-17(2,27(3)26)7-6-16(19)18-15-9-13(11-24-28(4,20)21)8-14(10-15)12-25-29(5,22)23;1-15(2,21(3)20)5-4-14(19)16-13-7-11(9-17)6-12(8-13)10-18/h8-10H,6-7,11-12H2,1-5H3,(H,18,19);6-8,17-18H,4-5,9-10H2,1-3H3,(H,16,19). The van der Waals surface area contributed by atoms with Gasteiger partial charge in [0, 0.05) is 33.7 Å². The summed E-state index contributed by atoms with van der Waals surface area (Å²) in [5.74, 6) is -0.308. The molecule has 18 heteroatoms. The van der Waals surface area contributed by atoms with Crippen LogP contribution in [0.25, 0.3) is 0 Å². The van der Waals surface area contributed by atoms with Crippen LogP contribution in [-0.4, -0.2) is 73.4 Å². The minimum Gasteiger partial charge on any atom is -0.392 e. The molecule has 2 aromatic rings. The molecule has 0 aromatic heterocycles. The van der Waals surface area contributed by atoms with Crippen molar-refractivity contribution in [3.63, 3.8) is 0 Å². The molecular formula is C32H50N2O10S6. The van der Waals surface area contributed by atoms with Gasteiger partial charge in [-0.25, -0.2) is 0 Å². The second-order valence-corrected chi connectivity index (χ2v) is 23.2. The molecule has 0 fully saturated rings. The summed E-state index contributed by atoms with van der Waals surface area (Å²) in [4.78, 5) is 24.4. The van der Waals surface area contributed by atoms with Crippen LogP contribution in [-0.2, 0) is 106 Å². The summed E-state index contributed by atoms with van der Waals surface area (Å²) in [6.07, 6.45) is 7.82. The Hall–Kier alpha value is -1.74. The number of hydrogen-bond donors (Lipinski definition) is 4. The van der Waals surface area contributed by atoms with Gasteiger partial charge in [0.25, 0.3) is 20.2 Å². The summed E-state index contributed by atoms with van der Waals surface area (Å²) in [6.45, 7) is 7.42. The first-order valence-electron chi connectivity index (χ1n) is 15.3. The maximum atomic E-state index is 12.3. The average molecular weight is 815 g/mol. The van der Waals surface area contributed by atoms with E-state index in [0.717, 1.165) is 18.9 Å². The molecule has 0 bridgehead atoms. The van der Waals surface area contributed by atoms with Crippen molar-refractivity contribution in [1.82, 2.24) is 0 Å². The monoisotopic (exact) mass is 814 g/mol. The molecule has 0 aliphatic rings. The lowest BCUT2D eigenvalue weighted by Gasteiger charge is -2.24. The molecule has 0 saturated carbocycles. The first-order chi connectivity index (χ1) is 22.9. The zero-order valence-corrected chi connectivity index (χ0v) is 34.6. The van der Waals surface area contributed by atoms with Crippen molar-refractivity contribution in [3.8, 4) is 0 Å². The SMILES string of the molecule is CS(=S)C(C)(C)CCC(=O)Nc1cc(CO)cc(CO)c1.CS(=S)C(C)(C)CCC(=O)Nc1cc(COS(C)(=O)=O)cc(COS(C)(=O)=O)c1. The number of hydrogen-bond acceptors (Lipinski definition) is 12. The lowest BCUT2D eigenvalue weighted by Crippen LogP contribution is -2.27. The molecule has 12 nitrogen and oxygen atoms in total. The van der Waals surface area contributed by atoms with Crippen LogP contribution >= 0.6 is 0 Å². The van der Waals surface area contributed by atoms with Crippen molar-refractivity contribution >= 4 is 84.7 Å². The van der Waals surface area contributed by atoms with Crippen LogP contribution in [0.4, 0.5) is 11.4 Å². The number of benzene rings is 2. The summed E-state index contributed by atoms with van der Waals surface area (Å²) in [5.41, 5.74) is 3.21. The lowest BCUT2D eigenvalue weighted by molar-refractivity contribution is -0.117. The molecule has 2 aromatic carbocycles. The molecule has 284 valence electrons. The normalized spacial score (nSPS) is 13.5. The van der Waals surface area contributed by atoms with Crippen LogP contribution < -0.4 is 10.6 Å². The van der Waals surface area contributed by atoms with E-state index in [1.165, 1.54) is 0 Å². The van der Waals surface area contributed by atoms with E-state index in [9.17, 15) is 36.6 Å². The largest absolute Gasteiger partial charge is 0.392 e. The van der Waals surface area contributed by atoms with Gasteiger partial charge in [-0.05, 0) is 71.9 Å². The Labute approximate surface area is 311 Å². The molecule has 0 radical (unpaired) electrons. The number of aliphatic hydroxyl groups excluding tert-OH is 2. The second kappa shape index (κ2) is 20.5. The maximum absolute atomic E-state index is 12.3. The molecule has 0 aliphatic carbocycles. The molecule has 0 aliphatic heterocycles. The van der Waals surface area contributed by atoms with E-state index in [4.69, 9.17) is 30.7 Å². The molecule has 0 spiro atoms. The van der Waals surface area contributed by atoms with E-state index in [1.807, 2.05) is 26.4 Å². The molecule has 2 atom stereocenters. The van der Waals surface area contributed by atoms with Crippen LogP contribution in [0.3, 0.4) is 0 Å². The Bertz CT molecular complexity index is 1670. The Balaban J connectivity index is 0.000000526. The minimum atomic E-state index is -3.66. The zero-order valence-electron chi connectivity index (χ0n) is 29.7. The molecular weight excluding hydrogens is 765 g/mol. The van der Waals surface area contributed by atoms with E-state index in [0.29, 0.717) is 46.5 Å². The number of aliphatic hydroxyl groups is 2. The summed E-state index contributed by atoms with van der Waals surface area (Å²) in [7, 11) is -7.75. The van der Waals surface area contributed by atoms with Crippen LogP contribution in [0.15, 0.2) is 36.4 Å². The maximum Gasteiger partial charge on any atom is 0.264 e. The van der Waals surface area contributed by atoms with Crippen LogP contribution in [0.1, 0.15) is 75.6 Å². The predicted octanol–water partition coefficient (Wildman–Crippen LogP) is 3.72. The van der Waals surface area contributed by atoms with Crippen LogP contribution in [0.5, 0.6) is 0 Å². The van der Waals surface area contributed by atoms with Gasteiger partial charge < -0.3 is 20.8 Å². The third-order valence-electron chi connectivity index (χ3n) is 7.38. The number of carbonyl (C=O) groups excluding carboxylic acids is 2. The average Bonchev–Trinajstić information content (AvgIpc) is 3.00. The highest BCUT2D eigenvalue weighted by molar-refractivity contribution is 8.29. The molecule has 2 rings (SSSR count). The summed E-state index contributed by atoms with van der Waals surface area (Å²) >= 11 is 10.6. The second-order valence-electron chi connectivity index (χ2n) is 12.8. The summed E-state index contributed by atoms with van der Waals surface area (Å²) in [6, 6.07) is 9.80. The van der Waals surface area contributed by atoms with Gasteiger partial charge in [-0.3, -0.25) is 18.0 Å². The minimum absolute atomic E-state index is 0.0319. The topological polar surface area (TPSA) is 185 Å². The summed E-state index contributed by atoms with van der Waals surface area (Å²) in [5, 5.41) is 23.9. The highest BCUT2D eigenvalue weighted by Crippen LogP contribution is 2.23. The number of anilines is 2. The summed E-state index contributed by atoms with van der Waals surface area (Å²) < 4.78 is 54.3. The third kappa shape index (κ3) is 19.2. The Kier molecular flexibility index (Phi) is 19.0. The fourth-order valence-corrected chi connectivity index (χ4v) is 5.91. The molecule has 0 heterocycles. The molecule has 2 amide bonds. The van der Waals surface area contributed by atoms with Gasteiger partial charge in [0.05, 0.1) is 38.9 Å². The van der Waals surface area contributed by atoms with E-state index in [-0.39, 0.29) is 73.1 Å². The third-order valence-corrected chi connectivity index (χ3v) is 14.7. The van der Waals surface area contributed by atoms with Gasteiger partial charge in [0.1, 0.15) is 0 Å². The van der Waals surface area contributed by atoms with Crippen molar-refractivity contribution < 1.29 is 45.0 Å². The molecule has 50 heavy (non-hydrogen) atoms. The van der Waals surface area contributed by atoms with Gasteiger partial charge in [0.2, 0.25) is 11.8 Å². The lowest BCUT2D eigenvalue weighted by atomic mass is 10.1. The van der Waals surface area contributed by atoms with E-state index in [1.54, 1.807) is 36.4 Å².